The van der Waals surface area contributed by atoms with Crippen LogP contribution in [-0.4, -0.2) is 50.8 Å². The van der Waals surface area contributed by atoms with E-state index < -0.39 is 48.0 Å². The maximum atomic E-state index is 14.3. The number of hydrogen-bond donors (Lipinski definition) is 3. The highest BCUT2D eigenvalue weighted by Gasteiger charge is 2.42. The molecule has 1 aliphatic heterocycles. The van der Waals surface area contributed by atoms with Crippen LogP contribution in [0.3, 0.4) is 0 Å². The number of aryl methyl sites for hydroxylation is 1. The number of aliphatic hydroxyl groups is 2. The van der Waals surface area contributed by atoms with Crippen LogP contribution in [0.15, 0.2) is 41.3 Å². The van der Waals surface area contributed by atoms with E-state index in [4.69, 9.17) is 9.47 Å². The molecule has 3 N–H and O–H groups in total. The van der Waals surface area contributed by atoms with Gasteiger partial charge in [0.2, 0.25) is 0 Å². The molecule has 29 heavy (non-hydrogen) atoms. The Kier molecular flexibility index (Phi) is 6.57. The Labute approximate surface area is 165 Å². The molecule has 0 unspecified atom stereocenters. The highest BCUT2D eigenvalue weighted by Crippen LogP contribution is 2.28. The van der Waals surface area contributed by atoms with Crippen molar-refractivity contribution in [2.45, 2.75) is 44.3 Å². The van der Waals surface area contributed by atoms with Crippen LogP contribution < -0.4 is 11.0 Å². The molecule has 3 rings (SSSR count). The van der Waals surface area contributed by atoms with Gasteiger partial charge in [0.15, 0.2) is 17.9 Å². The standard InChI is InChI=1S/C19H22FN3O6/c1-11-14(24)15(25)17(29-11)23-10-13(20)16(21-18(23)26)22-19(27)28-9-5-8-12-6-3-2-4-7-12/h2-4,6-7,10-11,14-15,17,24-25H,5,8-9H2,1H3,(H,21,22,26,27)/t11-,14-,15-,17-/m1/s1. The molecule has 1 aromatic carbocycles. The van der Waals surface area contributed by atoms with E-state index >= 15 is 0 Å². The molecule has 0 saturated carbocycles. The zero-order valence-electron chi connectivity index (χ0n) is 15.7. The summed E-state index contributed by atoms with van der Waals surface area (Å²) in [5.74, 6) is -1.61. The van der Waals surface area contributed by atoms with Gasteiger partial charge in [0.1, 0.15) is 12.2 Å². The number of nitrogens with zero attached hydrogens (tertiary/aromatic N) is 2. The van der Waals surface area contributed by atoms with E-state index in [2.05, 4.69) is 10.3 Å². The van der Waals surface area contributed by atoms with E-state index in [1.165, 1.54) is 6.92 Å². The maximum Gasteiger partial charge on any atom is 0.412 e. The first kappa shape index (κ1) is 20.9. The van der Waals surface area contributed by atoms with Gasteiger partial charge in [-0.2, -0.15) is 4.98 Å². The molecule has 1 fully saturated rings. The lowest BCUT2D eigenvalue weighted by Crippen LogP contribution is -2.36. The number of ether oxygens (including phenoxy) is 2. The average molecular weight is 407 g/mol. The molecule has 1 amide bonds. The summed E-state index contributed by atoms with van der Waals surface area (Å²) in [5, 5.41) is 21.8. The zero-order valence-corrected chi connectivity index (χ0v) is 15.7. The number of halogens is 1. The van der Waals surface area contributed by atoms with Gasteiger partial charge in [-0.25, -0.2) is 14.0 Å². The first-order chi connectivity index (χ1) is 13.9. The van der Waals surface area contributed by atoms with E-state index in [9.17, 15) is 24.2 Å². The Morgan fingerprint density at radius 1 is 1.31 bits per heavy atom. The number of anilines is 1. The first-order valence-corrected chi connectivity index (χ1v) is 9.15. The summed E-state index contributed by atoms with van der Waals surface area (Å²) in [7, 11) is 0. The lowest BCUT2D eigenvalue weighted by atomic mass is 10.1. The second kappa shape index (κ2) is 9.12. The molecule has 0 spiro atoms. The highest BCUT2D eigenvalue weighted by molar-refractivity contribution is 5.83. The molecule has 156 valence electrons. The molecule has 2 aromatic rings. The fourth-order valence-corrected chi connectivity index (χ4v) is 2.99. The number of carbonyl (C=O) groups excluding carboxylic acids is 1. The largest absolute Gasteiger partial charge is 0.449 e. The van der Waals surface area contributed by atoms with E-state index in [-0.39, 0.29) is 6.61 Å². The summed E-state index contributed by atoms with van der Waals surface area (Å²) in [6, 6.07) is 9.65. The van der Waals surface area contributed by atoms with Gasteiger partial charge in [0.05, 0.1) is 18.9 Å². The smallest absolute Gasteiger partial charge is 0.412 e. The Morgan fingerprint density at radius 2 is 2.03 bits per heavy atom. The summed E-state index contributed by atoms with van der Waals surface area (Å²) in [4.78, 5) is 27.4. The van der Waals surface area contributed by atoms with Crippen molar-refractivity contribution in [2.24, 2.45) is 0 Å². The number of rotatable bonds is 6. The van der Waals surface area contributed by atoms with Gasteiger partial charge in [-0.15, -0.1) is 0 Å². The van der Waals surface area contributed by atoms with Crippen molar-refractivity contribution in [2.75, 3.05) is 11.9 Å². The third-order valence-electron chi connectivity index (χ3n) is 4.56. The van der Waals surface area contributed by atoms with Gasteiger partial charge in [-0.05, 0) is 25.3 Å². The summed E-state index contributed by atoms with van der Waals surface area (Å²) in [6.45, 7) is 1.61. The number of aliphatic hydroxyl groups excluding tert-OH is 2. The topological polar surface area (TPSA) is 123 Å². The second-order valence-electron chi connectivity index (χ2n) is 6.69. The fourth-order valence-electron chi connectivity index (χ4n) is 2.99. The third kappa shape index (κ3) is 4.97. The summed E-state index contributed by atoms with van der Waals surface area (Å²) in [6.07, 6.45) is -3.57. The minimum atomic E-state index is -1.42. The maximum absolute atomic E-state index is 14.3. The first-order valence-electron chi connectivity index (χ1n) is 9.15. The quantitative estimate of drug-likeness (QED) is 0.615. The molecule has 0 bridgehead atoms. The minimum Gasteiger partial charge on any atom is -0.449 e. The second-order valence-corrected chi connectivity index (χ2v) is 6.69. The molecule has 1 aliphatic rings. The zero-order chi connectivity index (χ0) is 21.0. The Hall–Kier alpha value is -2.82. The molecule has 9 nitrogen and oxygen atoms in total. The summed E-state index contributed by atoms with van der Waals surface area (Å²) in [5.41, 5.74) is 0.139. The van der Waals surface area contributed by atoms with E-state index in [1.54, 1.807) is 0 Å². The minimum absolute atomic E-state index is 0.108. The third-order valence-corrected chi connectivity index (χ3v) is 4.56. The molecule has 1 saturated heterocycles. The number of aromatic nitrogens is 2. The molecular formula is C19H22FN3O6. The van der Waals surface area contributed by atoms with Crippen LogP contribution >= 0.6 is 0 Å². The van der Waals surface area contributed by atoms with Crippen LogP contribution in [-0.2, 0) is 15.9 Å². The van der Waals surface area contributed by atoms with Crippen molar-refractivity contribution >= 4 is 11.9 Å². The van der Waals surface area contributed by atoms with Crippen LogP contribution in [0.2, 0.25) is 0 Å². The highest BCUT2D eigenvalue weighted by atomic mass is 19.1. The van der Waals surface area contributed by atoms with E-state index in [0.29, 0.717) is 12.8 Å². The number of benzene rings is 1. The Bertz CT molecular complexity index is 907. The number of nitrogens with one attached hydrogen (secondary N) is 1. The Morgan fingerprint density at radius 3 is 2.69 bits per heavy atom. The van der Waals surface area contributed by atoms with Crippen LogP contribution in [0.1, 0.15) is 25.1 Å². The molecule has 0 aliphatic carbocycles. The van der Waals surface area contributed by atoms with Crippen molar-refractivity contribution in [1.82, 2.24) is 9.55 Å². The van der Waals surface area contributed by atoms with Crippen molar-refractivity contribution in [3.63, 3.8) is 0 Å². The van der Waals surface area contributed by atoms with Crippen molar-refractivity contribution in [3.8, 4) is 0 Å². The monoisotopic (exact) mass is 407 g/mol. The van der Waals surface area contributed by atoms with Gasteiger partial charge < -0.3 is 19.7 Å². The molecule has 10 heteroatoms. The summed E-state index contributed by atoms with van der Waals surface area (Å²) < 4.78 is 25.3. The molecular weight excluding hydrogens is 385 g/mol. The molecule has 1 aromatic heterocycles. The molecule has 2 heterocycles. The molecule has 4 atom stereocenters. The van der Waals surface area contributed by atoms with Gasteiger partial charge in [0.25, 0.3) is 0 Å². The lowest BCUT2D eigenvalue weighted by Gasteiger charge is -2.17. The Balaban J connectivity index is 1.56. The SMILES string of the molecule is C[C@H]1O[C@@H](n2cc(F)c(NC(=O)OCCCc3ccccc3)nc2=O)[C@H](O)[C@@H]1O. The number of carbonyl (C=O) groups is 1. The van der Waals surface area contributed by atoms with Crippen molar-refractivity contribution < 1.29 is 28.9 Å². The number of hydrogen-bond acceptors (Lipinski definition) is 7. The number of amides is 1. The van der Waals surface area contributed by atoms with Crippen LogP contribution in [0, 0.1) is 5.82 Å². The van der Waals surface area contributed by atoms with Gasteiger partial charge >= 0.3 is 11.8 Å². The predicted molar refractivity (Wildman–Crippen MR) is 99.8 cm³/mol. The van der Waals surface area contributed by atoms with E-state index in [1.807, 2.05) is 30.3 Å². The van der Waals surface area contributed by atoms with E-state index in [0.717, 1.165) is 16.3 Å². The lowest BCUT2D eigenvalue weighted by molar-refractivity contribution is -0.0355. The van der Waals surface area contributed by atoms with Gasteiger partial charge in [0, 0.05) is 0 Å². The van der Waals surface area contributed by atoms with Crippen molar-refractivity contribution in [3.05, 3.63) is 58.4 Å². The average Bonchev–Trinajstić information content (AvgIpc) is 2.96. The fraction of sp³-hybridized carbons (Fsp3) is 0.421. The van der Waals surface area contributed by atoms with Crippen LogP contribution in [0.25, 0.3) is 0 Å². The van der Waals surface area contributed by atoms with Crippen LogP contribution in [0.4, 0.5) is 15.0 Å². The predicted octanol–water partition coefficient (Wildman–Crippen LogP) is 1.20. The van der Waals surface area contributed by atoms with Crippen molar-refractivity contribution in [1.29, 1.82) is 0 Å². The normalized spacial score (nSPS) is 23.7. The van der Waals surface area contributed by atoms with Crippen LogP contribution in [0.5, 0.6) is 0 Å². The summed E-state index contributed by atoms with van der Waals surface area (Å²) >= 11 is 0. The van der Waals surface area contributed by atoms with Gasteiger partial charge in [-0.3, -0.25) is 9.88 Å². The van der Waals surface area contributed by atoms with Gasteiger partial charge in [-0.1, -0.05) is 30.3 Å². The molecule has 0 radical (unpaired) electrons.